The quantitative estimate of drug-likeness (QED) is 0.895. The molecule has 1 N–H and O–H groups in total. The fourth-order valence-corrected chi connectivity index (χ4v) is 2.90. The van der Waals surface area contributed by atoms with Crippen LogP contribution in [-0.2, 0) is 4.79 Å². The summed E-state index contributed by atoms with van der Waals surface area (Å²) in [7, 11) is 1.59. The van der Waals surface area contributed by atoms with Gasteiger partial charge in [-0.05, 0) is 31.0 Å². The summed E-state index contributed by atoms with van der Waals surface area (Å²) >= 11 is 3.18. The number of amides is 2. The van der Waals surface area contributed by atoms with Crippen molar-refractivity contribution in [2.75, 3.05) is 20.1 Å². The molecule has 1 aromatic carbocycles. The summed E-state index contributed by atoms with van der Waals surface area (Å²) in [5.74, 6) is -0.931. The van der Waals surface area contributed by atoms with E-state index in [1.807, 2.05) is 0 Å². The van der Waals surface area contributed by atoms with Gasteiger partial charge in [0.2, 0.25) is 5.91 Å². The average molecular weight is 343 g/mol. The molecular formula is C14H16BrFN2O2. The molecule has 1 aliphatic rings. The predicted octanol–water partition coefficient (Wildman–Crippen LogP) is 2.19. The Bertz CT molecular complexity index is 516. The molecule has 20 heavy (non-hydrogen) atoms. The summed E-state index contributed by atoms with van der Waals surface area (Å²) in [6.07, 6.45) is 1.55. The van der Waals surface area contributed by atoms with Crippen molar-refractivity contribution in [2.45, 2.75) is 12.8 Å². The molecule has 6 heteroatoms. The maximum Gasteiger partial charge on any atom is 0.254 e. The van der Waals surface area contributed by atoms with Gasteiger partial charge in [-0.3, -0.25) is 9.59 Å². The van der Waals surface area contributed by atoms with Gasteiger partial charge >= 0.3 is 0 Å². The number of carbonyl (C=O) groups is 2. The molecule has 1 saturated heterocycles. The van der Waals surface area contributed by atoms with Crippen molar-refractivity contribution < 1.29 is 14.0 Å². The van der Waals surface area contributed by atoms with Crippen LogP contribution in [0.4, 0.5) is 4.39 Å². The largest absolute Gasteiger partial charge is 0.359 e. The van der Waals surface area contributed by atoms with Crippen LogP contribution in [-0.4, -0.2) is 36.9 Å². The lowest BCUT2D eigenvalue weighted by atomic mass is 9.96. The SMILES string of the molecule is CNC(=O)C1CCCN(C(=O)c2cc(F)cc(Br)c2)C1. The zero-order chi connectivity index (χ0) is 14.7. The van der Waals surface area contributed by atoms with Crippen LogP contribution < -0.4 is 5.32 Å². The molecule has 108 valence electrons. The Kier molecular flexibility index (Phi) is 4.75. The summed E-state index contributed by atoms with van der Waals surface area (Å²) in [6.45, 7) is 0.979. The Hall–Kier alpha value is -1.43. The van der Waals surface area contributed by atoms with Crippen LogP contribution in [0.25, 0.3) is 0 Å². The Balaban J connectivity index is 2.14. The van der Waals surface area contributed by atoms with Crippen molar-refractivity contribution in [3.8, 4) is 0 Å². The van der Waals surface area contributed by atoms with E-state index in [0.29, 0.717) is 23.1 Å². The zero-order valence-electron chi connectivity index (χ0n) is 11.2. The van der Waals surface area contributed by atoms with E-state index in [1.165, 1.54) is 12.1 Å². The van der Waals surface area contributed by atoms with Gasteiger partial charge in [-0.25, -0.2) is 4.39 Å². The first-order valence-corrected chi connectivity index (χ1v) is 7.27. The zero-order valence-corrected chi connectivity index (χ0v) is 12.7. The number of nitrogens with zero attached hydrogens (tertiary/aromatic N) is 1. The van der Waals surface area contributed by atoms with Crippen LogP contribution >= 0.6 is 15.9 Å². The van der Waals surface area contributed by atoms with E-state index < -0.39 is 5.82 Å². The van der Waals surface area contributed by atoms with E-state index >= 15 is 0 Å². The van der Waals surface area contributed by atoms with Crippen molar-refractivity contribution >= 4 is 27.7 Å². The number of benzene rings is 1. The first kappa shape index (κ1) is 15.0. The number of nitrogens with one attached hydrogen (secondary N) is 1. The maximum absolute atomic E-state index is 13.4. The van der Waals surface area contributed by atoms with Crippen LogP contribution in [0.2, 0.25) is 0 Å². The van der Waals surface area contributed by atoms with Gasteiger partial charge in [-0.15, -0.1) is 0 Å². The second kappa shape index (κ2) is 6.35. The summed E-state index contributed by atoms with van der Waals surface area (Å²) in [5.41, 5.74) is 0.300. The van der Waals surface area contributed by atoms with E-state index in [2.05, 4.69) is 21.2 Å². The van der Waals surface area contributed by atoms with Gasteiger partial charge in [0.15, 0.2) is 0 Å². The van der Waals surface area contributed by atoms with Gasteiger partial charge in [0.25, 0.3) is 5.91 Å². The fraction of sp³-hybridized carbons (Fsp3) is 0.429. The minimum absolute atomic E-state index is 0.0528. The van der Waals surface area contributed by atoms with Gasteiger partial charge in [0, 0.05) is 30.2 Å². The van der Waals surface area contributed by atoms with E-state index in [0.717, 1.165) is 12.8 Å². The standard InChI is InChI=1S/C14H16BrFN2O2/c1-17-13(19)9-3-2-4-18(8-9)14(20)10-5-11(15)7-12(16)6-10/h5-7,9H,2-4,8H2,1H3,(H,17,19). The molecule has 0 saturated carbocycles. The van der Waals surface area contributed by atoms with Crippen LogP contribution in [0.1, 0.15) is 23.2 Å². The number of hydrogen-bond acceptors (Lipinski definition) is 2. The molecule has 0 spiro atoms. The van der Waals surface area contributed by atoms with Crippen LogP contribution in [0.3, 0.4) is 0 Å². The monoisotopic (exact) mass is 342 g/mol. The summed E-state index contributed by atoms with van der Waals surface area (Å²) in [5, 5.41) is 2.61. The minimum atomic E-state index is -0.456. The highest BCUT2D eigenvalue weighted by Gasteiger charge is 2.28. The number of carbonyl (C=O) groups excluding carboxylic acids is 2. The minimum Gasteiger partial charge on any atom is -0.359 e. The molecule has 0 radical (unpaired) electrons. The highest BCUT2D eigenvalue weighted by Crippen LogP contribution is 2.21. The van der Waals surface area contributed by atoms with E-state index in [4.69, 9.17) is 0 Å². The topological polar surface area (TPSA) is 49.4 Å². The molecule has 0 aliphatic carbocycles. The molecular weight excluding hydrogens is 327 g/mol. The Morgan fingerprint density at radius 1 is 1.40 bits per heavy atom. The summed E-state index contributed by atoms with van der Waals surface area (Å²) in [6, 6.07) is 4.12. The third-order valence-electron chi connectivity index (χ3n) is 3.44. The summed E-state index contributed by atoms with van der Waals surface area (Å²) in [4.78, 5) is 25.6. The lowest BCUT2D eigenvalue weighted by molar-refractivity contribution is -0.125. The average Bonchev–Trinajstić information content (AvgIpc) is 2.44. The molecule has 1 unspecified atom stereocenters. The summed E-state index contributed by atoms with van der Waals surface area (Å²) < 4.78 is 13.9. The molecule has 1 aliphatic heterocycles. The highest BCUT2D eigenvalue weighted by atomic mass is 79.9. The van der Waals surface area contributed by atoms with E-state index in [-0.39, 0.29) is 17.7 Å². The van der Waals surface area contributed by atoms with Gasteiger partial charge in [0.1, 0.15) is 5.82 Å². The molecule has 1 fully saturated rings. The smallest absolute Gasteiger partial charge is 0.254 e. The van der Waals surface area contributed by atoms with Crippen molar-refractivity contribution in [2.24, 2.45) is 5.92 Å². The molecule has 0 bridgehead atoms. The van der Waals surface area contributed by atoms with Crippen LogP contribution in [0, 0.1) is 11.7 Å². The normalized spacial score (nSPS) is 18.8. The molecule has 4 nitrogen and oxygen atoms in total. The number of piperidine rings is 1. The lowest BCUT2D eigenvalue weighted by Gasteiger charge is -2.31. The van der Waals surface area contributed by atoms with Crippen LogP contribution in [0.5, 0.6) is 0 Å². The third kappa shape index (κ3) is 3.36. The van der Waals surface area contributed by atoms with Gasteiger partial charge in [-0.2, -0.15) is 0 Å². The van der Waals surface area contributed by atoms with E-state index in [9.17, 15) is 14.0 Å². The fourth-order valence-electron chi connectivity index (χ4n) is 2.44. The second-order valence-electron chi connectivity index (χ2n) is 4.86. The third-order valence-corrected chi connectivity index (χ3v) is 3.89. The molecule has 1 heterocycles. The predicted molar refractivity (Wildman–Crippen MR) is 76.8 cm³/mol. The van der Waals surface area contributed by atoms with Crippen molar-refractivity contribution in [1.29, 1.82) is 0 Å². The number of rotatable bonds is 2. The first-order chi connectivity index (χ1) is 9.51. The van der Waals surface area contributed by atoms with Crippen molar-refractivity contribution in [3.63, 3.8) is 0 Å². The van der Waals surface area contributed by atoms with Crippen molar-refractivity contribution in [3.05, 3.63) is 34.1 Å². The van der Waals surface area contributed by atoms with E-state index in [1.54, 1.807) is 18.0 Å². The molecule has 0 aromatic heterocycles. The molecule has 2 amide bonds. The highest BCUT2D eigenvalue weighted by molar-refractivity contribution is 9.10. The lowest BCUT2D eigenvalue weighted by Crippen LogP contribution is -2.44. The Morgan fingerprint density at radius 2 is 2.15 bits per heavy atom. The number of hydrogen-bond donors (Lipinski definition) is 1. The number of likely N-dealkylation sites (tertiary alicyclic amines) is 1. The van der Waals surface area contributed by atoms with Gasteiger partial charge < -0.3 is 10.2 Å². The Labute approximate surface area is 125 Å². The first-order valence-electron chi connectivity index (χ1n) is 6.48. The maximum atomic E-state index is 13.4. The molecule has 2 rings (SSSR count). The molecule has 1 atom stereocenters. The molecule has 1 aromatic rings. The van der Waals surface area contributed by atoms with Gasteiger partial charge in [0.05, 0.1) is 5.92 Å². The number of halogens is 2. The second-order valence-corrected chi connectivity index (χ2v) is 5.78. The van der Waals surface area contributed by atoms with Crippen molar-refractivity contribution in [1.82, 2.24) is 10.2 Å². The van der Waals surface area contributed by atoms with Gasteiger partial charge in [-0.1, -0.05) is 15.9 Å². The van der Waals surface area contributed by atoms with Crippen LogP contribution in [0.15, 0.2) is 22.7 Å². The Morgan fingerprint density at radius 3 is 2.80 bits per heavy atom.